The summed E-state index contributed by atoms with van der Waals surface area (Å²) in [6.07, 6.45) is 4.21. The summed E-state index contributed by atoms with van der Waals surface area (Å²) in [5, 5.41) is 24.1. The molecule has 0 spiro atoms. The van der Waals surface area contributed by atoms with Crippen molar-refractivity contribution >= 4 is 23.1 Å². The largest absolute Gasteiger partial charge is 0.465 e. The van der Waals surface area contributed by atoms with Crippen LogP contribution < -0.4 is 5.73 Å². The van der Waals surface area contributed by atoms with Crippen molar-refractivity contribution in [1.82, 2.24) is 35.1 Å². The highest BCUT2D eigenvalue weighted by molar-refractivity contribution is 5.76. The van der Waals surface area contributed by atoms with Crippen molar-refractivity contribution in [1.29, 1.82) is 0 Å². The quantitative estimate of drug-likeness (QED) is 0.641. The number of nitrogen functional groups attached to an aromatic ring is 1. The summed E-state index contributed by atoms with van der Waals surface area (Å²) in [5.41, 5.74) is 8.91. The maximum Gasteiger partial charge on any atom is 0.407 e. The molecule has 0 saturated carbocycles. The second kappa shape index (κ2) is 5.48. The highest BCUT2D eigenvalue weighted by atomic mass is 16.4. The molecule has 0 radical (unpaired) electrons. The first kappa shape index (κ1) is 14.4. The van der Waals surface area contributed by atoms with E-state index in [1.165, 1.54) is 4.90 Å². The van der Waals surface area contributed by atoms with Gasteiger partial charge in [-0.05, 0) is 23.6 Å². The van der Waals surface area contributed by atoms with Gasteiger partial charge in [0.05, 0.1) is 12.2 Å². The number of nitrogens with zero attached hydrogens (tertiary/aromatic N) is 6. The van der Waals surface area contributed by atoms with Crippen molar-refractivity contribution in [2.45, 2.75) is 18.9 Å². The third-order valence-electron chi connectivity index (χ3n) is 4.25. The average Bonchev–Trinajstić information content (AvgIpc) is 3.26. The summed E-state index contributed by atoms with van der Waals surface area (Å²) < 4.78 is 1.84. The zero-order chi connectivity index (χ0) is 16.7. The van der Waals surface area contributed by atoms with E-state index >= 15 is 0 Å². The number of likely N-dealkylation sites (tertiary alicyclic amines) is 1. The van der Waals surface area contributed by atoms with E-state index in [0.29, 0.717) is 36.5 Å². The van der Waals surface area contributed by atoms with Gasteiger partial charge in [-0.25, -0.2) is 9.78 Å². The fourth-order valence-corrected chi connectivity index (χ4v) is 3.07. The van der Waals surface area contributed by atoms with E-state index in [4.69, 9.17) is 10.8 Å². The van der Waals surface area contributed by atoms with Gasteiger partial charge >= 0.3 is 6.09 Å². The van der Waals surface area contributed by atoms with Gasteiger partial charge in [-0.2, -0.15) is 15.4 Å². The number of nitrogens with two attached hydrogens (primary N) is 1. The van der Waals surface area contributed by atoms with Crippen LogP contribution in [0.4, 0.5) is 10.6 Å². The lowest BCUT2D eigenvalue weighted by Gasteiger charge is -2.12. The molecule has 4 heterocycles. The van der Waals surface area contributed by atoms with Crippen LogP contribution in [0.2, 0.25) is 0 Å². The van der Waals surface area contributed by atoms with E-state index in [9.17, 15) is 4.79 Å². The van der Waals surface area contributed by atoms with Crippen molar-refractivity contribution in [2.24, 2.45) is 0 Å². The van der Waals surface area contributed by atoms with Crippen LogP contribution in [0.3, 0.4) is 0 Å². The molecule has 1 aliphatic rings. The number of rotatable bonds is 3. The Morgan fingerprint density at radius 2 is 2.33 bits per heavy atom. The maximum atomic E-state index is 11.0. The number of fused-ring (bicyclic) bond motifs is 1. The minimum atomic E-state index is -0.884. The van der Waals surface area contributed by atoms with Crippen LogP contribution in [0.25, 0.3) is 11.2 Å². The molecule has 1 aliphatic heterocycles. The Morgan fingerprint density at radius 1 is 1.46 bits per heavy atom. The fraction of sp³-hybridized carbons (Fsp3) is 0.357. The van der Waals surface area contributed by atoms with E-state index in [-0.39, 0.29) is 6.04 Å². The van der Waals surface area contributed by atoms with Crippen LogP contribution in [0.15, 0.2) is 18.5 Å². The van der Waals surface area contributed by atoms with Crippen LogP contribution >= 0.6 is 0 Å². The highest BCUT2D eigenvalue weighted by Crippen LogP contribution is 2.23. The number of hydrogen-bond acceptors (Lipinski definition) is 6. The third kappa shape index (κ3) is 2.51. The number of pyridine rings is 1. The van der Waals surface area contributed by atoms with Crippen LogP contribution in [-0.2, 0) is 6.42 Å². The Balaban J connectivity index is 1.55. The molecule has 1 amide bonds. The molecule has 10 heteroatoms. The first-order valence-electron chi connectivity index (χ1n) is 7.57. The lowest BCUT2D eigenvalue weighted by atomic mass is 10.1. The molecule has 0 bridgehead atoms. The van der Waals surface area contributed by atoms with Crippen molar-refractivity contribution in [3.8, 4) is 0 Å². The number of aromatic amines is 1. The lowest BCUT2D eigenvalue weighted by molar-refractivity contribution is 0.154. The molecule has 10 nitrogen and oxygen atoms in total. The van der Waals surface area contributed by atoms with Crippen LogP contribution in [-0.4, -0.2) is 59.4 Å². The van der Waals surface area contributed by atoms with Crippen LogP contribution in [0.1, 0.15) is 23.6 Å². The Morgan fingerprint density at radius 3 is 3.12 bits per heavy atom. The van der Waals surface area contributed by atoms with Gasteiger partial charge in [-0.15, -0.1) is 5.10 Å². The minimum absolute atomic E-state index is 0.0735. The zero-order valence-corrected chi connectivity index (χ0v) is 12.8. The first-order chi connectivity index (χ1) is 11.6. The van der Waals surface area contributed by atoms with E-state index in [1.54, 1.807) is 12.3 Å². The van der Waals surface area contributed by atoms with E-state index in [0.717, 1.165) is 17.5 Å². The molecule has 1 unspecified atom stereocenters. The van der Waals surface area contributed by atoms with Gasteiger partial charge in [-0.1, -0.05) is 0 Å². The van der Waals surface area contributed by atoms with Crippen molar-refractivity contribution < 1.29 is 9.90 Å². The number of hydrogen-bond donors (Lipinski definition) is 3. The van der Waals surface area contributed by atoms with Crippen molar-refractivity contribution in [3.05, 3.63) is 29.6 Å². The number of carbonyl (C=O) groups is 1. The normalized spacial score (nSPS) is 17.7. The Kier molecular flexibility index (Phi) is 3.29. The molecule has 3 aromatic heterocycles. The second-order valence-electron chi connectivity index (χ2n) is 5.88. The van der Waals surface area contributed by atoms with E-state index in [1.807, 2.05) is 10.9 Å². The molecule has 1 atom stereocenters. The molecular formula is C14H16N8O2. The van der Waals surface area contributed by atoms with Gasteiger partial charge in [0.15, 0.2) is 0 Å². The smallest absolute Gasteiger partial charge is 0.407 e. The molecule has 0 aliphatic carbocycles. The SMILES string of the molecule is Nc1cc(Cc2cnn(C3CCN(C(=O)O)C3)c2)c2n[nH]nc2n1. The molecule has 4 rings (SSSR count). The zero-order valence-electron chi connectivity index (χ0n) is 12.8. The summed E-state index contributed by atoms with van der Waals surface area (Å²) in [7, 11) is 0. The number of amides is 1. The summed E-state index contributed by atoms with van der Waals surface area (Å²) in [4.78, 5) is 16.6. The van der Waals surface area contributed by atoms with Gasteiger partial charge in [0, 0.05) is 25.7 Å². The van der Waals surface area contributed by atoms with E-state index in [2.05, 4.69) is 25.5 Å². The van der Waals surface area contributed by atoms with Crippen LogP contribution in [0, 0.1) is 0 Å². The molecule has 24 heavy (non-hydrogen) atoms. The summed E-state index contributed by atoms with van der Waals surface area (Å²) in [5.74, 6) is 0.395. The number of H-pyrrole nitrogens is 1. The maximum absolute atomic E-state index is 11.0. The molecular weight excluding hydrogens is 312 g/mol. The van der Waals surface area contributed by atoms with Crippen molar-refractivity contribution in [2.75, 3.05) is 18.8 Å². The van der Waals surface area contributed by atoms with Gasteiger partial charge in [-0.3, -0.25) is 4.68 Å². The predicted octanol–water partition coefficient (Wildman–Crippen LogP) is 0.647. The average molecular weight is 328 g/mol. The van der Waals surface area contributed by atoms with E-state index < -0.39 is 6.09 Å². The lowest BCUT2D eigenvalue weighted by Crippen LogP contribution is -2.27. The topological polar surface area (TPSA) is 139 Å². The van der Waals surface area contributed by atoms with Gasteiger partial charge in [0.2, 0.25) is 5.65 Å². The highest BCUT2D eigenvalue weighted by Gasteiger charge is 2.27. The summed E-state index contributed by atoms with van der Waals surface area (Å²) in [6, 6.07) is 1.86. The second-order valence-corrected chi connectivity index (χ2v) is 5.88. The molecule has 4 N–H and O–H groups in total. The molecule has 1 saturated heterocycles. The standard InChI is InChI=1S/C14H16N8O2/c15-11-4-9(12-13(17-11)19-20-18-12)3-8-5-16-22(6-8)10-1-2-21(7-10)14(23)24/h4-6,10H,1-3,7H2,(H,23,24)(H3,15,17,18,19,20). The number of aromatic nitrogens is 6. The molecule has 0 aromatic carbocycles. The molecule has 124 valence electrons. The first-order valence-corrected chi connectivity index (χ1v) is 7.57. The third-order valence-corrected chi connectivity index (χ3v) is 4.25. The van der Waals surface area contributed by atoms with Crippen molar-refractivity contribution in [3.63, 3.8) is 0 Å². The monoisotopic (exact) mass is 328 g/mol. The summed E-state index contributed by atoms with van der Waals surface area (Å²) >= 11 is 0. The predicted molar refractivity (Wildman–Crippen MR) is 84.4 cm³/mol. The number of nitrogens with one attached hydrogen (secondary N) is 1. The molecule has 1 fully saturated rings. The number of carboxylic acid groups (broad SMARTS) is 1. The fourth-order valence-electron chi connectivity index (χ4n) is 3.07. The van der Waals surface area contributed by atoms with Gasteiger partial charge in [0.1, 0.15) is 11.3 Å². The summed E-state index contributed by atoms with van der Waals surface area (Å²) in [6.45, 7) is 1.00. The Bertz CT molecular complexity index is 901. The molecule has 3 aromatic rings. The van der Waals surface area contributed by atoms with Gasteiger partial charge < -0.3 is 15.7 Å². The Hall–Kier alpha value is -3.17. The van der Waals surface area contributed by atoms with Crippen LogP contribution in [0.5, 0.6) is 0 Å². The minimum Gasteiger partial charge on any atom is -0.465 e. The Labute approximate surface area is 136 Å². The number of anilines is 1. The van der Waals surface area contributed by atoms with Gasteiger partial charge in [0.25, 0.3) is 0 Å².